The van der Waals surface area contributed by atoms with Gasteiger partial charge in [-0.2, -0.15) is 10.2 Å². The molecule has 2 rings (SSSR count). The molecule has 0 heterocycles. The Labute approximate surface area is 223 Å². The van der Waals surface area contributed by atoms with Crippen LogP contribution in [0, 0.1) is 0 Å². The third kappa shape index (κ3) is 11.8. The van der Waals surface area contributed by atoms with Gasteiger partial charge in [0, 0.05) is 12.8 Å². The van der Waals surface area contributed by atoms with Crippen LogP contribution < -0.4 is 20.3 Å². The van der Waals surface area contributed by atoms with Crippen LogP contribution in [-0.2, 0) is 9.59 Å². The summed E-state index contributed by atoms with van der Waals surface area (Å²) in [6.07, 6.45) is 9.19. The van der Waals surface area contributed by atoms with E-state index in [1.165, 1.54) is 24.6 Å². The number of benzene rings is 2. The van der Waals surface area contributed by atoms with Crippen molar-refractivity contribution >= 4 is 24.2 Å². The molecule has 0 spiro atoms. The third-order valence-electron chi connectivity index (χ3n) is 5.43. The van der Waals surface area contributed by atoms with Gasteiger partial charge in [-0.15, -0.1) is 0 Å². The van der Waals surface area contributed by atoms with Crippen LogP contribution >= 0.6 is 0 Å². The molecular formula is C28H38N4O6. The predicted molar refractivity (Wildman–Crippen MR) is 147 cm³/mol. The SMILES string of the molecule is CCOc1cc(C=NNC(=O)CCCCCCCCC(=O)NN=Cc2ccc(O)c(OCC)c2)ccc1O. The molecule has 0 atom stereocenters. The monoisotopic (exact) mass is 526 g/mol. The van der Waals surface area contributed by atoms with Crippen molar-refractivity contribution in [2.75, 3.05) is 13.2 Å². The summed E-state index contributed by atoms with van der Waals surface area (Å²) < 4.78 is 10.7. The van der Waals surface area contributed by atoms with Gasteiger partial charge in [-0.05, 0) is 74.2 Å². The highest BCUT2D eigenvalue weighted by Gasteiger charge is 2.05. The highest BCUT2D eigenvalue weighted by atomic mass is 16.5. The van der Waals surface area contributed by atoms with Crippen molar-refractivity contribution in [1.82, 2.24) is 10.9 Å². The quantitative estimate of drug-likeness (QED) is 0.135. The highest BCUT2D eigenvalue weighted by Crippen LogP contribution is 2.27. The van der Waals surface area contributed by atoms with E-state index in [-0.39, 0.29) is 23.3 Å². The van der Waals surface area contributed by atoms with E-state index in [2.05, 4.69) is 21.1 Å². The molecule has 10 heteroatoms. The first-order chi connectivity index (χ1) is 18.4. The van der Waals surface area contributed by atoms with Gasteiger partial charge in [0.15, 0.2) is 23.0 Å². The maximum atomic E-state index is 11.9. The Balaban J connectivity index is 1.51. The normalized spacial score (nSPS) is 11.1. The van der Waals surface area contributed by atoms with E-state index >= 15 is 0 Å². The van der Waals surface area contributed by atoms with E-state index in [1.807, 2.05) is 13.8 Å². The number of nitrogens with one attached hydrogen (secondary N) is 2. The standard InChI is InChI=1S/C28H38N4O6/c1-3-37-25-17-21(13-15-23(25)33)19-29-31-27(35)11-9-7-5-6-8-10-12-28(36)32-30-20-22-14-16-24(34)26(18-22)38-4-2/h13-20,33-34H,3-12H2,1-2H3,(H,31,35)(H,32,36). The van der Waals surface area contributed by atoms with Crippen molar-refractivity contribution in [2.45, 2.75) is 65.2 Å². The van der Waals surface area contributed by atoms with Gasteiger partial charge in [0.1, 0.15) is 0 Å². The first-order valence-electron chi connectivity index (χ1n) is 13.0. The fourth-order valence-electron chi connectivity index (χ4n) is 3.51. The highest BCUT2D eigenvalue weighted by molar-refractivity contribution is 5.84. The van der Waals surface area contributed by atoms with Gasteiger partial charge < -0.3 is 19.7 Å². The summed E-state index contributed by atoms with van der Waals surface area (Å²) in [7, 11) is 0. The molecule has 0 radical (unpaired) electrons. The molecule has 0 aliphatic carbocycles. The number of carbonyl (C=O) groups excluding carboxylic acids is 2. The van der Waals surface area contributed by atoms with Gasteiger partial charge in [0.25, 0.3) is 0 Å². The minimum atomic E-state index is -0.149. The molecule has 0 bridgehead atoms. The number of hydrogen-bond donors (Lipinski definition) is 4. The van der Waals surface area contributed by atoms with Gasteiger partial charge in [-0.25, -0.2) is 10.9 Å². The van der Waals surface area contributed by atoms with Crippen molar-refractivity contribution in [1.29, 1.82) is 0 Å². The Morgan fingerprint density at radius 2 is 1.11 bits per heavy atom. The third-order valence-corrected chi connectivity index (χ3v) is 5.43. The van der Waals surface area contributed by atoms with Crippen LogP contribution in [0.25, 0.3) is 0 Å². The number of ether oxygens (including phenoxy) is 2. The van der Waals surface area contributed by atoms with Gasteiger partial charge in [-0.3, -0.25) is 9.59 Å². The molecular weight excluding hydrogens is 488 g/mol. The average molecular weight is 527 g/mol. The zero-order valence-electron chi connectivity index (χ0n) is 22.1. The fourth-order valence-corrected chi connectivity index (χ4v) is 3.51. The summed E-state index contributed by atoms with van der Waals surface area (Å²) in [6.45, 7) is 4.54. The number of nitrogens with zero attached hydrogens (tertiary/aromatic N) is 2. The summed E-state index contributed by atoms with van der Waals surface area (Å²) in [6, 6.07) is 9.71. The molecule has 38 heavy (non-hydrogen) atoms. The molecule has 4 N–H and O–H groups in total. The number of carbonyl (C=O) groups is 2. The number of aromatic hydroxyl groups is 2. The van der Waals surface area contributed by atoms with Gasteiger partial charge in [-0.1, -0.05) is 25.7 Å². The number of hydrogen-bond acceptors (Lipinski definition) is 8. The molecule has 0 unspecified atom stereocenters. The smallest absolute Gasteiger partial charge is 0.240 e. The molecule has 0 saturated heterocycles. The Hall–Kier alpha value is -4.08. The van der Waals surface area contributed by atoms with Crippen molar-refractivity contribution in [2.24, 2.45) is 10.2 Å². The first kappa shape index (κ1) is 30.1. The van der Waals surface area contributed by atoms with Crippen LogP contribution in [0.3, 0.4) is 0 Å². The Morgan fingerprint density at radius 3 is 1.50 bits per heavy atom. The lowest BCUT2D eigenvalue weighted by molar-refractivity contribution is -0.122. The van der Waals surface area contributed by atoms with Crippen molar-refractivity contribution < 1.29 is 29.3 Å². The largest absolute Gasteiger partial charge is 0.504 e. The lowest BCUT2D eigenvalue weighted by Gasteiger charge is -2.06. The maximum Gasteiger partial charge on any atom is 0.240 e. The molecule has 2 aromatic carbocycles. The zero-order chi connectivity index (χ0) is 27.6. The second-order valence-electron chi connectivity index (χ2n) is 8.53. The van der Waals surface area contributed by atoms with E-state index in [0.29, 0.717) is 48.7 Å². The van der Waals surface area contributed by atoms with E-state index in [4.69, 9.17) is 9.47 Å². The summed E-state index contributed by atoms with van der Waals surface area (Å²) in [4.78, 5) is 23.9. The van der Waals surface area contributed by atoms with Gasteiger partial charge >= 0.3 is 0 Å². The number of hydrazone groups is 2. The molecule has 0 aliphatic rings. The summed E-state index contributed by atoms with van der Waals surface area (Å²) >= 11 is 0. The Kier molecular flexibility index (Phi) is 13.8. The Bertz CT molecular complexity index is 1000. The molecule has 0 saturated carbocycles. The van der Waals surface area contributed by atoms with Crippen molar-refractivity contribution in [3.63, 3.8) is 0 Å². The summed E-state index contributed by atoms with van der Waals surface area (Å²) in [5, 5.41) is 27.3. The number of phenols is 2. The Morgan fingerprint density at radius 1 is 0.711 bits per heavy atom. The average Bonchev–Trinajstić information content (AvgIpc) is 2.89. The van der Waals surface area contributed by atoms with Crippen molar-refractivity contribution in [3.8, 4) is 23.0 Å². The van der Waals surface area contributed by atoms with Crippen LogP contribution in [-0.4, -0.2) is 47.7 Å². The van der Waals surface area contributed by atoms with E-state index < -0.39 is 0 Å². The summed E-state index contributed by atoms with van der Waals surface area (Å²) in [5.74, 6) is 0.569. The predicted octanol–water partition coefficient (Wildman–Crippen LogP) is 4.62. The molecule has 0 aromatic heterocycles. The van der Waals surface area contributed by atoms with Crippen LogP contribution in [0.2, 0.25) is 0 Å². The fraction of sp³-hybridized carbons (Fsp3) is 0.429. The van der Waals surface area contributed by atoms with Crippen LogP contribution in [0.15, 0.2) is 46.6 Å². The second-order valence-corrected chi connectivity index (χ2v) is 8.53. The number of unbranched alkanes of at least 4 members (excludes halogenated alkanes) is 5. The molecule has 2 aromatic rings. The molecule has 0 fully saturated rings. The topological polar surface area (TPSA) is 142 Å². The summed E-state index contributed by atoms with van der Waals surface area (Å²) in [5.41, 5.74) is 6.44. The molecule has 0 aliphatic heterocycles. The van der Waals surface area contributed by atoms with E-state index in [0.717, 1.165) is 38.5 Å². The maximum absolute atomic E-state index is 11.9. The van der Waals surface area contributed by atoms with E-state index in [1.54, 1.807) is 24.3 Å². The number of phenolic OH excluding ortho intramolecular Hbond substituents is 2. The van der Waals surface area contributed by atoms with Crippen LogP contribution in [0.4, 0.5) is 0 Å². The lowest BCUT2D eigenvalue weighted by Crippen LogP contribution is -2.17. The second kappa shape index (κ2) is 17.4. The van der Waals surface area contributed by atoms with Gasteiger partial charge in [0.2, 0.25) is 11.8 Å². The van der Waals surface area contributed by atoms with Crippen molar-refractivity contribution in [3.05, 3.63) is 47.5 Å². The number of amides is 2. The molecule has 206 valence electrons. The van der Waals surface area contributed by atoms with E-state index in [9.17, 15) is 19.8 Å². The molecule has 2 amide bonds. The van der Waals surface area contributed by atoms with Crippen LogP contribution in [0.1, 0.15) is 76.3 Å². The number of rotatable bonds is 17. The van der Waals surface area contributed by atoms with Gasteiger partial charge in [0.05, 0.1) is 25.6 Å². The zero-order valence-corrected chi connectivity index (χ0v) is 22.1. The van der Waals surface area contributed by atoms with Crippen LogP contribution in [0.5, 0.6) is 23.0 Å². The minimum absolute atomic E-state index is 0.0597. The molecule has 10 nitrogen and oxygen atoms in total. The first-order valence-corrected chi connectivity index (χ1v) is 13.0. The lowest BCUT2D eigenvalue weighted by atomic mass is 10.1. The minimum Gasteiger partial charge on any atom is -0.504 e.